The Morgan fingerprint density at radius 3 is 2.27 bits per heavy atom. The summed E-state index contributed by atoms with van der Waals surface area (Å²) in [6.45, 7) is 12.6. The topological polar surface area (TPSA) is 30.2 Å². The first kappa shape index (κ1) is 23.8. The van der Waals surface area contributed by atoms with Crippen LogP contribution in [0.3, 0.4) is 0 Å². The minimum absolute atomic E-state index is 0.0179. The molecule has 3 aromatic rings. The van der Waals surface area contributed by atoms with Crippen LogP contribution in [0.1, 0.15) is 47.1 Å². The molecule has 0 aliphatic carbocycles. The van der Waals surface area contributed by atoms with E-state index >= 15 is 0 Å². The molecule has 0 atom stereocenters. The second kappa shape index (κ2) is 10.0. The van der Waals surface area contributed by atoms with E-state index in [4.69, 9.17) is 4.74 Å². The van der Waals surface area contributed by atoms with Gasteiger partial charge in [0.1, 0.15) is 11.9 Å². The molecule has 0 fully saturated rings. The SMILES string of the molecule is CC(C)C(C)(C)c1c(-c2cccc[n+]2C)sc2ccccc12.CO/C(C)=C\C(C)=O. The highest BCUT2D eigenvalue weighted by Gasteiger charge is 2.33. The minimum Gasteiger partial charge on any atom is -0.501 e. The Morgan fingerprint density at radius 2 is 1.73 bits per heavy atom. The van der Waals surface area contributed by atoms with Crippen molar-refractivity contribution in [1.29, 1.82) is 0 Å². The van der Waals surface area contributed by atoms with Gasteiger partial charge in [0.25, 0.3) is 0 Å². The number of thiophene rings is 1. The van der Waals surface area contributed by atoms with E-state index in [0.29, 0.717) is 11.7 Å². The van der Waals surface area contributed by atoms with Crippen molar-refractivity contribution in [2.24, 2.45) is 13.0 Å². The third-order valence-electron chi connectivity index (χ3n) is 5.70. The number of hydrogen-bond acceptors (Lipinski definition) is 3. The van der Waals surface area contributed by atoms with Crippen molar-refractivity contribution < 1.29 is 14.1 Å². The fourth-order valence-electron chi connectivity index (χ4n) is 3.26. The van der Waals surface area contributed by atoms with E-state index < -0.39 is 0 Å². The number of rotatable bonds is 5. The number of pyridine rings is 1. The number of methoxy groups -OCH3 is 1. The molecule has 0 saturated heterocycles. The molecule has 30 heavy (non-hydrogen) atoms. The van der Waals surface area contributed by atoms with Gasteiger partial charge in [-0.05, 0) is 48.3 Å². The molecule has 3 rings (SSSR count). The average Bonchev–Trinajstić information content (AvgIpc) is 3.08. The third kappa shape index (κ3) is 5.37. The summed E-state index contributed by atoms with van der Waals surface area (Å²) in [5.41, 5.74) is 2.93. The van der Waals surface area contributed by atoms with Crippen molar-refractivity contribution in [3.05, 3.63) is 66.1 Å². The number of carbonyl (C=O) groups excluding carboxylic acids is 1. The number of aryl methyl sites for hydroxylation is 1. The van der Waals surface area contributed by atoms with Crippen LogP contribution < -0.4 is 4.57 Å². The van der Waals surface area contributed by atoms with Crippen LogP contribution in [0.25, 0.3) is 20.7 Å². The highest BCUT2D eigenvalue weighted by Crippen LogP contribution is 2.46. The van der Waals surface area contributed by atoms with Crippen LogP contribution in [0.4, 0.5) is 0 Å². The van der Waals surface area contributed by atoms with Crippen LogP contribution in [0.5, 0.6) is 0 Å². The first-order valence-electron chi connectivity index (χ1n) is 10.3. The van der Waals surface area contributed by atoms with Gasteiger partial charge >= 0.3 is 0 Å². The summed E-state index contributed by atoms with van der Waals surface area (Å²) in [5.74, 6) is 1.25. The lowest BCUT2D eigenvalue weighted by Crippen LogP contribution is -2.31. The lowest BCUT2D eigenvalue weighted by molar-refractivity contribution is -0.660. The molecule has 0 radical (unpaired) electrons. The Hall–Kier alpha value is -2.46. The minimum atomic E-state index is 0.0179. The summed E-state index contributed by atoms with van der Waals surface area (Å²) in [7, 11) is 3.67. The standard InChI is InChI=1S/C20H24NS.C6H10O2/c1-14(2)20(3,4)18-15-10-6-7-12-17(15)22-19(18)16-11-8-9-13-21(16)5;1-5(7)4-6(2)8-3/h6-14H,1-5H3;4H,1-3H3/q+1;/b;6-4-. The number of carbonyl (C=O) groups is 1. The van der Waals surface area contributed by atoms with Crippen molar-refractivity contribution in [3.8, 4) is 10.6 Å². The zero-order valence-electron chi connectivity index (χ0n) is 19.4. The van der Waals surface area contributed by atoms with E-state index in [0.717, 1.165) is 0 Å². The summed E-state index contributed by atoms with van der Waals surface area (Å²) < 4.78 is 8.31. The van der Waals surface area contributed by atoms with Gasteiger partial charge in [-0.3, -0.25) is 4.79 Å². The highest BCUT2D eigenvalue weighted by atomic mass is 32.1. The van der Waals surface area contributed by atoms with Crippen molar-refractivity contribution >= 4 is 27.2 Å². The molecular weight excluding hydrogens is 390 g/mol. The quantitative estimate of drug-likeness (QED) is 0.267. The van der Waals surface area contributed by atoms with Crippen molar-refractivity contribution in [2.45, 2.75) is 47.0 Å². The molecule has 0 aliphatic heterocycles. The molecular formula is C26H34NO2S+. The molecule has 2 aromatic heterocycles. The van der Waals surface area contributed by atoms with Gasteiger partial charge in [0, 0.05) is 22.9 Å². The fraction of sp³-hybridized carbons (Fsp3) is 0.385. The molecule has 0 saturated carbocycles. The number of ether oxygens (including phenoxy) is 1. The molecule has 4 heteroatoms. The largest absolute Gasteiger partial charge is 0.501 e. The molecule has 0 N–H and O–H groups in total. The number of allylic oxidation sites excluding steroid dienone is 2. The first-order chi connectivity index (χ1) is 14.1. The second-order valence-electron chi connectivity index (χ2n) is 8.45. The summed E-state index contributed by atoms with van der Waals surface area (Å²) >= 11 is 1.91. The molecule has 2 heterocycles. The number of aromatic nitrogens is 1. The van der Waals surface area contributed by atoms with Crippen molar-refractivity contribution in [1.82, 2.24) is 0 Å². The van der Waals surface area contributed by atoms with Crippen molar-refractivity contribution in [3.63, 3.8) is 0 Å². The molecule has 1 aromatic carbocycles. The Balaban J connectivity index is 0.000000343. The third-order valence-corrected chi connectivity index (χ3v) is 6.89. The van der Waals surface area contributed by atoms with Crippen LogP contribution in [-0.4, -0.2) is 12.9 Å². The normalized spacial score (nSPS) is 12.0. The van der Waals surface area contributed by atoms with Gasteiger partial charge in [-0.15, -0.1) is 11.3 Å². The Labute approximate surface area is 185 Å². The second-order valence-corrected chi connectivity index (χ2v) is 9.50. The van der Waals surface area contributed by atoms with Crippen LogP contribution >= 0.6 is 11.3 Å². The molecule has 160 valence electrons. The van der Waals surface area contributed by atoms with E-state index in [1.807, 2.05) is 11.3 Å². The lowest BCUT2D eigenvalue weighted by atomic mass is 9.73. The summed E-state index contributed by atoms with van der Waals surface area (Å²) in [6.07, 6.45) is 3.58. The van der Waals surface area contributed by atoms with Gasteiger partial charge in [0.2, 0.25) is 5.69 Å². The van der Waals surface area contributed by atoms with Gasteiger partial charge in [-0.2, -0.15) is 0 Å². The van der Waals surface area contributed by atoms with Crippen LogP contribution in [0, 0.1) is 5.92 Å². The van der Waals surface area contributed by atoms with Crippen molar-refractivity contribution in [2.75, 3.05) is 7.11 Å². The maximum atomic E-state index is 10.3. The fourth-order valence-corrected chi connectivity index (χ4v) is 4.70. The number of hydrogen-bond donors (Lipinski definition) is 0. The number of fused-ring (bicyclic) bond motifs is 1. The number of nitrogens with zero attached hydrogens (tertiary/aromatic N) is 1. The van der Waals surface area contributed by atoms with Crippen LogP contribution in [0.15, 0.2) is 60.5 Å². The van der Waals surface area contributed by atoms with E-state index in [2.05, 4.69) is 88.0 Å². The van der Waals surface area contributed by atoms with E-state index in [-0.39, 0.29) is 11.2 Å². The highest BCUT2D eigenvalue weighted by molar-refractivity contribution is 7.22. The van der Waals surface area contributed by atoms with Crippen LogP contribution in [0.2, 0.25) is 0 Å². The summed E-state index contributed by atoms with van der Waals surface area (Å²) in [6, 6.07) is 15.3. The van der Waals surface area contributed by atoms with E-state index in [9.17, 15) is 4.79 Å². The Bertz CT molecular complexity index is 1040. The summed E-state index contributed by atoms with van der Waals surface area (Å²) in [5, 5.41) is 1.41. The molecule has 0 unspecified atom stereocenters. The van der Waals surface area contributed by atoms with E-state index in [1.165, 1.54) is 46.3 Å². The molecule has 0 spiro atoms. The summed E-state index contributed by atoms with van der Waals surface area (Å²) in [4.78, 5) is 11.7. The van der Waals surface area contributed by atoms with Gasteiger partial charge in [-0.1, -0.05) is 45.9 Å². The van der Waals surface area contributed by atoms with E-state index in [1.54, 1.807) is 6.92 Å². The smallest absolute Gasteiger partial charge is 0.222 e. The maximum absolute atomic E-state index is 10.3. The van der Waals surface area contributed by atoms with Gasteiger partial charge in [-0.25, -0.2) is 4.57 Å². The predicted molar refractivity (Wildman–Crippen MR) is 128 cm³/mol. The Kier molecular flexibility index (Phi) is 7.96. The van der Waals surface area contributed by atoms with Gasteiger partial charge < -0.3 is 4.74 Å². The number of benzene rings is 1. The average molecular weight is 425 g/mol. The predicted octanol–water partition coefficient (Wildman–Crippen LogP) is 6.45. The molecule has 3 nitrogen and oxygen atoms in total. The Morgan fingerprint density at radius 1 is 1.10 bits per heavy atom. The molecule has 0 aliphatic rings. The zero-order valence-corrected chi connectivity index (χ0v) is 20.3. The maximum Gasteiger partial charge on any atom is 0.222 e. The van der Waals surface area contributed by atoms with Gasteiger partial charge in [0.05, 0.1) is 12.9 Å². The molecule has 0 bridgehead atoms. The van der Waals surface area contributed by atoms with Gasteiger partial charge in [0.15, 0.2) is 12.0 Å². The van der Waals surface area contributed by atoms with Crippen LogP contribution in [-0.2, 0) is 22.0 Å². The zero-order chi connectivity index (χ0) is 22.5. The monoisotopic (exact) mass is 424 g/mol. The lowest BCUT2D eigenvalue weighted by Gasteiger charge is -2.30. The number of ketones is 1. The molecule has 0 amide bonds. The first-order valence-corrected chi connectivity index (χ1v) is 11.1.